The van der Waals surface area contributed by atoms with Gasteiger partial charge in [0, 0.05) is 30.8 Å². The Morgan fingerprint density at radius 1 is 1.25 bits per heavy atom. The molecule has 1 aliphatic rings. The zero-order chi connectivity index (χ0) is 14.7. The van der Waals surface area contributed by atoms with Crippen molar-refractivity contribution in [1.82, 2.24) is 10.2 Å². The van der Waals surface area contributed by atoms with Crippen molar-refractivity contribution < 1.29 is 14.6 Å². The molecule has 2 rings (SSSR count). The van der Waals surface area contributed by atoms with Crippen molar-refractivity contribution in [3.8, 4) is 17.2 Å². The van der Waals surface area contributed by atoms with Gasteiger partial charge in [-0.05, 0) is 26.1 Å². The van der Waals surface area contributed by atoms with Crippen LogP contribution in [0.4, 0.5) is 0 Å². The second-order valence-electron chi connectivity index (χ2n) is 5.74. The molecule has 5 heteroatoms. The molecule has 0 aliphatic carbocycles. The van der Waals surface area contributed by atoms with Gasteiger partial charge in [-0.15, -0.1) is 0 Å². The Kier molecular flexibility index (Phi) is 4.73. The quantitative estimate of drug-likeness (QED) is 0.832. The molecule has 1 unspecified atom stereocenters. The Morgan fingerprint density at radius 2 is 1.90 bits per heavy atom. The van der Waals surface area contributed by atoms with E-state index in [1.807, 2.05) is 6.07 Å². The molecule has 1 aliphatic heterocycles. The van der Waals surface area contributed by atoms with E-state index in [1.165, 1.54) is 0 Å². The molecule has 1 heterocycles. The summed E-state index contributed by atoms with van der Waals surface area (Å²) in [5.41, 5.74) is 0.829. The predicted molar refractivity (Wildman–Crippen MR) is 78.2 cm³/mol. The second-order valence-corrected chi connectivity index (χ2v) is 5.74. The smallest absolute Gasteiger partial charge is 0.231 e. The molecule has 0 saturated carbocycles. The van der Waals surface area contributed by atoms with Crippen LogP contribution in [-0.4, -0.2) is 43.5 Å². The predicted octanol–water partition coefficient (Wildman–Crippen LogP) is 1.80. The van der Waals surface area contributed by atoms with Crippen LogP contribution in [0.2, 0.25) is 0 Å². The number of benzene rings is 1. The van der Waals surface area contributed by atoms with Gasteiger partial charge in [-0.1, -0.05) is 13.8 Å². The van der Waals surface area contributed by atoms with E-state index in [0.717, 1.165) is 12.1 Å². The Labute approximate surface area is 120 Å². The topological polar surface area (TPSA) is 54.0 Å². The van der Waals surface area contributed by atoms with Crippen LogP contribution in [0, 0.1) is 5.92 Å². The Balaban J connectivity index is 1.94. The molecule has 0 spiro atoms. The first-order valence-electron chi connectivity index (χ1n) is 6.97. The van der Waals surface area contributed by atoms with Crippen molar-refractivity contribution >= 4 is 0 Å². The van der Waals surface area contributed by atoms with E-state index >= 15 is 0 Å². The van der Waals surface area contributed by atoms with Crippen molar-refractivity contribution in [2.24, 2.45) is 5.92 Å². The van der Waals surface area contributed by atoms with Gasteiger partial charge in [-0.2, -0.15) is 0 Å². The standard InChI is InChI=1S/C15H24N2O3/c1-10(2)12(17(3)4)8-16-7-11-5-14-15(6-13(11)18)20-9-19-14/h5-6,10,12,16,18H,7-9H2,1-4H3. The molecule has 0 aromatic heterocycles. The largest absolute Gasteiger partial charge is 0.507 e. The van der Waals surface area contributed by atoms with Crippen LogP contribution in [0.1, 0.15) is 19.4 Å². The average Bonchev–Trinajstić information content (AvgIpc) is 2.80. The number of nitrogens with zero attached hydrogens (tertiary/aromatic N) is 1. The van der Waals surface area contributed by atoms with E-state index in [0.29, 0.717) is 30.0 Å². The average molecular weight is 280 g/mol. The summed E-state index contributed by atoms with van der Waals surface area (Å²) in [6.07, 6.45) is 0. The summed E-state index contributed by atoms with van der Waals surface area (Å²) in [6.45, 7) is 6.13. The number of phenolic OH excluding ortho intramolecular Hbond substituents is 1. The molecular formula is C15H24N2O3. The van der Waals surface area contributed by atoms with E-state index in [2.05, 4.69) is 38.2 Å². The SMILES string of the molecule is CC(C)C(CNCc1cc2c(cc1O)OCO2)N(C)C. The number of likely N-dealkylation sites (N-methyl/N-ethyl adjacent to an activating group) is 1. The lowest BCUT2D eigenvalue weighted by Crippen LogP contribution is -2.41. The highest BCUT2D eigenvalue weighted by molar-refractivity contribution is 5.51. The van der Waals surface area contributed by atoms with Gasteiger partial charge in [-0.3, -0.25) is 0 Å². The van der Waals surface area contributed by atoms with Crippen LogP contribution in [0.15, 0.2) is 12.1 Å². The minimum absolute atomic E-state index is 0.224. The van der Waals surface area contributed by atoms with Crippen molar-refractivity contribution in [2.75, 3.05) is 27.4 Å². The van der Waals surface area contributed by atoms with Gasteiger partial charge in [0.15, 0.2) is 11.5 Å². The number of rotatable bonds is 6. The monoisotopic (exact) mass is 280 g/mol. The van der Waals surface area contributed by atoms with E-state index in [1.54, 1.807) is 6.07 Å². The van der Waals surface area contributed by atoms with Crippen LogP contribution in [0.5, 0.6) is 17.2 Å². The lowest BCUT2D eigenvalue weighted by atomic mass is 10.0. The minimum atomic E-state index is 0.224. The van der Waals surface area contributed by atoms with Crippen LogP contribution in [0.25, 0.3) is 0 Å². The normalized spacial score (nSPS) is 15.1. The summed E-state index contributed by atoms with van der Waals surface area (Å²) in [4.78, 5) is 2.22. The number of phenols is 1. The highest BCUT2D eigenvalue weighted by Crippen LogP contribution is 2.37. The third-order valence-electron chi connectivity index (χ3n) is 3.68. The number of hydrogen-bond donors (Lipinski definition) is 2. The third kappa shape index (κ3) is 3.35. The molecule has 20 heavy (non-hydrogen) atoms. The fraction of sp³-hybridized carbons (Fsp3) is 0.600. The molecule has 0 amide bonds. The van der Waals surface area contributed by atoms with Gasteiger partial charge < -0.3 is 24.8 Å². The van der Waals surface area contributed by atoms with Crippen LogP contribution in [0.3, 0.4) is 0 Å². The molecule has 1 aromatic rings. The van der Waals surface area contributed by atoms with E-state index < -0.39 is 0 Å². The van der Waals surface area contributed by atoms with E-state index in [-0.39, 0.29) is 12.5 Å². The molecule has 0 saturated heterocycles. The van der Waals surface area contributed by atoms with Crippen LogP contribution in [-0.2, 0) is 6.54 Å². The maximum atomic E-state index is 9.97. The van der Waals surface area contributed by atoms with Crippen molar-refractivity contribution in [3.05, 3.63) is 17.7 Å². The molecule has 0 radical (unpaired) electrons. The minimum Gasteiger partial charge on any atom is -0.507 e. The second kappa shape index (κ2) is 6.33. The number of nitrogens with one attached hydrogen (secondary N) is 1. The zero-order valence-corrected chi connectivity index (χ0v) is 12.6. The maximum Gasteiger partial charge on any atom is 0.231 e. The summed E-state index contributed by atoms with van der Waals surface area (Å²) in [5.74, 6) is 2.13. The van der Waals surface area contributed by atoms with E-state index in [4.69, 9.17) is 9.47 Å². The van der Waals surface area contributed by atoms with Crippen molar-refractivity contribution in [1.29, 1.82) is 0 Å². The van der Waals surface area contributed by atoms with Gasteiger partial charge in [0.05, 0.1) is 0 Å². The fourth-order valence-corrected chi connectivity index (χ4v) is 2.48. The maximum absolute atomic E-state index is 9.97. The molecule has 5 nitrogen and oxygen atoms in total. The first kappa shape index (κ1) is 14.9. The van der Waals surface area contributed by atoms with Gasteiger partial charge in [-0.25, -0.2) is 0 Å². The molecule has 112 valence electrons. The summed E-state index contributed by atoms with van der Waals surface area (Å²) >= 11 is 0. The van der Waals surface area contributed by atoms with Crippen molar-refractivity contribution in [3.63, 3.8) is 0 Å². The summed E-state index contributed by atoms with van der Waals surface area (Å²) < 4.78 is 10.6. The number of fused-ring (bicyclic) bond motifs is 1. The van der Waals surface area contributed by atoms with Gasteiger partial charge in [0.1, 0.15) is 5.75 Å². The highest BCUT2D eigenvalue weighted by Gasteiger charge is 2.18. The zero-order valence-electron chi connectivity index (χ0n) is 12.6. The molecule has 0 fully saturated rings. The molecule has 2 N–H and O–H groups in total. The summed E-state index contributed by atoms with van der Waals surface area (Å²) in [5, 5.41) is 13.4. The number of aromatic hydroxyl groups is 1. The lowest BCUT2D eigenvalue weighted by Gasteiger charge is -2.28. The molecule has 1 atom stereocenters. The molecular weight excluding hydrogens is 256 g/mol. The summed E-state index contributed by atoms with van der Waals surface area (Å²) in [7, 11) is 4.18. The van der Waals surface area contributed by atoms with Crippen LogP contribution >= 0.6 is 0 Å². The van der Waals surface area contributed by atoms with Gasteiger partial charge in [0.2, 0.25) is 6.79 Å². The highest BCUT2D eigenvalue weighted by atomic mass is 16.7. The molecule has 1 aromatic carbocycles. The lowest BCUT2D eigenvalue weighted by molar-refractivity contribution is 0.174. The van der Waals surface area contributed by atoms with Crippen LogP contribution < -0.4 is 14.8 Å². The summed E-state index contributed by atoms with van der Waals surface area (Å²) in [6, 6.07) is 3.92. The van der Waals surface area contributed by atoms with Gasteiger partial charge >= 0.3 is 0 Å². The van der Waals surface area contributed by atoms with E-state index in [9.17, 15) is 5.11 Å². The number of ether oxygens (including phenoxy) is 2. The Hall–Kier alpha value is -1.46. The Morgan fingerprint density at radius 3 is 2.50 bits per heavy atom. The van der Waals surface area contributed by atoms with Crippen molar-refractivity contribution in [2.45, 2.75) is 26.4 Å². The first-order chi connectivity index (χ1) is 9.49. The molecule has 0 bridgehead atoms. The third-order valence-corrected chi connectivity index (χ3v) is 3.68. The van der Waals surface area contributed by atoms with Gasteiger partial charge in [0.25, 0.3) is 0 Å². The fourth-order valence-electron chi connectivity index (χ4n) is 2.48. The Bertz CT molecular complexity index is 453. The first-order valence-corrected chi connectivity index (χ1v) is 6.97. The number of hydrogen-bond acceptors (Lipinski definition) is 5.